The fourth-order valence-corrected chi connectivity index (χ4v) is 2.35. The molecular weight excluding hydrogens is 363 g/mol. The first kappa shape index (κ1) is 15.3. The predicted molar refractivity (Wildman–Crippen MR) is 86.0 cm³/mol. The second kappa shape index (κ2) is 6.57. The Bertz CT molecular complexity index is 644. The lowest BCUT2D eigenvalue weighted by atomic mass is 10.1. The number of alkyl halides is 1. The van der Waals surface area contributed by atoms with Crippen LogP contribution in [0.25, 0.3) is 0 Å². The molecule has 6 heteroatoms. The van der Waals surface area contributed by atoms with Crippen molar-refractivity contribution in [1.82, 2.24) is 4.98 Å². The maximum atomic E-state index is 12.1. The molecule has 0 aliphatic rings. The average molecular weight is 374 g/mol. The van der Waals surface area contributed by atoms with Crippen LogP contribution in [0.1, 0.15) is 21.6 Å². The lowest BCUT2D eigenvalue weighted by Crippen LogP contribution is -2.13. The number of benzene rings is 1. The van der Waals surface area contributed by atoms with Gasteiger partial charge in [0.15, 0.2) is 5.82 Å². The van der Waals surface area contributed by atoms with Gasteiger partial charge in [0.05, 0.1) is 15.7 Å². The molecule has 1 aromatic carbocycles. The van der Waals surface area contributed by atoms with Crippen molar-refractivity contribution in [3.05, 3.63) is 57.2 Å². The number of anilines is 1. The number of pyridine rings is 1. The van der Waals surface area contributed by atoms with Gasteiger partial charge in [-0.2, -0.15) is 0 Å². The van der Waals surface area contributed by atoms with Crippen LogP contribution in [-0.2, 0) is 5.33 Å². The van der Waals surface area contributed by atoms with Crippen molar-refractivity contribution in [2.45, 2.75) is 12.3 Å². The zero-order valence-electron chi connectivity index (χ0n) is 10.6. The maximum Gasteiger partial charge on any atom is 0.256 e. The van der Waals surface area contributed by atoms with Crippen molar-refractivity contribution in [1.29, 1.82) is 0 Å². The first-order chi connectivity index (χ1) is 9.51. The lowest BCUT2D eigenvalue weighted by molar-refractivity contribution is 0.102. The number of carbonyl (C=O) groups excluding carboxylic acids is 1. The first-order valence-electron chi connectivity index (χ1n) is 5.80. The predicted octanol–water partition coefficient (Wildman–Crippen LogP) is 4.84. The monoisotopic (exact) mass is 372 g/mol. The Balaban J connectivity index is 2.20. The van der Waals surface area contributed by atoms with Crippen molar-refractivity contribution in [3.8, 4) is 0 Å². The highest BCUT2D eigenvalue weighted by atomic mass is 79.9. The van der Waals surface area contributed by atoms with E-state index in [0.717, 1.165) is 10.9 Å². The highest BCUT2D eigenvalue weighted by molar-refractivity contribution is 9.08. The Kier molecular flexibility index (Phi) is 5.02. The number of nitrogens with one attached hydrogen (secondary N) is 1. The first-order valence-corrected chi connectivity index (χ1v) is 7.68. The van der Waals surface area contributed by atoms with Gasteiger partial charge in [-0.15, -0.1) is 0 Å². The van der Waals surface area contributed by atoms with Crippen LogP contribution in [0, 0.1) is 6.92 Å². The van der Waals surface area contributed by atoms with Crippen LogP contribution in [0.5, 0.6) is 0 Å². The van der Waals surface area contributed by atoms with Crippen molar-refractivity contribution in [2.24, 2.45) is 0 Å². The summed E-state index contributed by atoms with van der Waals surface area (Å²) >= 11 is 15.3. The van der Waals surface area contributed by atoms with E-state index in [9.17, 15) is 4.79 Å². The van der Waals surface area contributed by atoms with Crippen LogP contribution < -0.4 is 5.32 Å². The quantitative estimate of drug-likeness (QED) is 0.781. The molecule has 0 saturated carbocycles. The van der Waals surface area contributed by atoms with Crippen molar-refractivity contribution in [2.75, 3.05) is 5.32 Å². The number of aromatic nitrogens is 1. The van der Waals surface area contributed by atoms with Gasteiger partial charge >= 0.3 is 0 Å². The van der Waals surface area contributed by atoms with Crippen LogP contribution in [0.3, 0.4) is 0 Å². The summed E-state index contributed by atoms with van der Waals surface area (Å²) in [5.74, 6) is 0.0466. The number of aryl methyl sites for hydroxylation is 1. The molecule has 0 radical (unpaired) electrons. The fraction of sp³-hybridized carbons (Fsp3) is 0.143. The van der Waals surface area contributed by atoms with Gasteiger partial charge in [0.1, 0.15) is 0 Å². The van der Waals surface area contributed by atoms with Crippen molar-refractivity contribution in [3.63, 3.8) is 0 Å². The number of halogens is 3. The molecule has 1 N–H and O–H groups in total. The molecule has 0 saturated heterocycles. The van der Waals surface area contributed by atoms with Gasteiger partial charge in [0.2, 0.25) is 0 Å². The lowest BCUT2D eigenvalue weighted by Gasteiger charge is -2.08. The molecule has 20 heavy (non-hydrogen) atoms. The molecule has 1 aromatic heterocycles. The Morgan fingerprint density at radius 1 is 1.25 bits per heavy atom. The molecule has 1 amide bonds. The molecule has 3 nitrogen and oxygen atoms in total. The molecule has 0 unspecified atom stereocenters. The van der Waals surface area contributed by atoms with Gasteiger partial charge in [-0.3, -0.25) is 4.79 Å². The maximum absolute atomic E-state index is 12.1. The summed E-state index contributed by atoms with van der Waals surface area (Å²) in [6.45, 7) is 1.75. The molecule has 0 bridgehead atoms. The summed E-state index contributed by atoms with van der Waals surface area (Å²) < 4.78 is 0. The number of hydrogen-bond donors (Lipinski definition) is 1. The minimum atomic E-state index is -0.262. The largest absolute Gasteiger partial charge is 0.305 e. The van der Waals surface area contributed by atoms with Gasteiger partial charge < -0.3 is 5.32 Å². The number of nitrogens with zero attached hydrogens (tertiary/aromatic N) is 1. The minimum Gasteiger partial charge on any atom is -0.305 e. The summed E-state index contributed by atoms with van der Waals surface area (Å²) in [4.78, 5) is 16.3. The normalized spacial score (nSPS) is 10.4. The molecule has 0 fully saturated rings. The third-order valence-electron chi connectivity index (χ3n) is 2.71. The smallest absolute Gasteiger partial charge is 0.256 e. The van der Waals surface area contributed by atoms with Crippen molar-refractivity contribution < 1.29 is 4.79 Å². The number of rotatable bonds is 3. The van der Waals surface area contributed by atoms with Crippen LogP contribution >= 0.6 is 39.1 Å². The Labute approximate surface area is 135 Å². The number of amides is 1. The molecule has 2 rings (SSSR count). The molecule has 1 heterocycles. The van der Waals surface area contributed by atoms with Crippen LogP contribution in [0.4, 0.5) is 5.82 Å². The second-order valence-corrected chi connectivity index (χ2v) is 5.55. The van der Waals surface area contributed by atoms with Crippen LogP contribution in [-0.4, -0.2) is 10.9 Å². The molecule has 0 aliphatic carbocycles. The number of hydrogen-bond acceptors (Lipinski definition) is 2. The highest BCUT2D eigenvalue weighted by Crippen LogP contribution is 2.26. The standard InChI is InChI=1S/C14H11BrCl2N2O/c1-8-11(16)6-12(17)13(18-8)19-14(20)10-4-2-9(7-15)3-5-10/h2-6H,7H2,1H3,(H,18,19,20). The minimum absolute atomic E-state index is 0.262. The van der Waals surface area contributed by atoms with E-state index in [1.165, 1.54) is 0 Å². The van der Waals surface area contributed by atoms with Crippen LogP contribution in [0.15, 0.2) is 30.3 Å². The highest BCUT2D eigenvalue weighted by Gasteiger charge is 2.11. The zero-order valence-corrected chi connectivity index (χ0v) is 13.7. The summed E-state index contributed by atoms with van der Waals surface area (Å²) in [6.07, 6.45) is 0. The topological polar surface area (TPSA) is 42.0 Å². The summed E-state index contributed by atoms with van der Waals surface area (Å²) in [7, 11) is 0. The Morgan fingerprint density at radius 3 is 2.50 bits per heavy atom. The van der Waals surface area contributed by atoms with Gasteiger partial charge in [-0.1, -0.05) is 51.3 Å². The number of carbonyl (C=O) groups is 1. The van der Waals surface area contributed by atoms with E-state index in [4.69, 9.17) is 23.2 Å². The summed E-state index contributed by atoms with van der Waals surface area (Å²) in [5.41, 5.74) is 2.25. The average Bonchev–Trinajstić information content (AvgIpc) is 2.44. The molecule has 0 spiro atoms. The van der Waals surface area contributed by atoms with E-state index in [-0.39, 0.29) is 5.91 Å². The van der Waals surface area contributed by atoms with E-state index in [0.29, 0.717) is 27.1 Å². The Morgan fingerprint density at radius 2 is 1.90 bits per heavy atom. The van der Waals surface area contributed by atoms with E-state index < -0.39 is 0 Å². The molecular formula is C14H11BrCl2N2O. The molecule has 0 atom stereocenters. The molecule has 0 aliphatic heterocycles. The van der Waals surface area contributed by atoms with Gasteiger partial charge in [0.25, 0.3) is 5.91 Å². The summed E-state index contributed by atoms with van der Waals surface area (Å²) in [6, 6.07) is 8.83. The van der Waals surface area contributed by atoms with E-state index >= 15 is 0 Å². The van der Waals surface area contributed by atoms with Crippen LogP contribution in [0.2, 0.25) is 10.0 Å². The van der Waals surface area contributed by atoms with E-state index in [1.54, 1.807) is 25.1 Å². The van der Waals surface area contributed by atoms with Gasteiger partial charge in [-0.25, -0.2) is 4.98 Å². The zero-order chi connectivity index (χ0) is 14.7. The SMILES string of the molecule is Cc1nc(NC(=O)c2ccc(CBr)cc2)c(Cl)cc1Cl. The second-order valence-electron chi connectivity index (χ2n) is 4.17. The molecule has 2 aromatic rings. The fourth-order valence-electron chi connectivity index (χ4n) is 1.57. The van der Waals surface area contributed by atoms with Gasteiger partial charge in [-0.05, 0) is 30.7 Å². The molecule has 104 valence electrons. The van der Waals surface area contributed by atoms with Crippen molar-refractivity contribution >= 4 is 50.9 Å². The summed E-state index contributed by atoms with van der Waals surface area (Å²) in [5, 5.41) is 4.21. The van der Waals surface area contributed by atoms with E-state index in [1.807, 2.05) is 12.1 Å². The van der Waals surface area contributed by atoms with E-state index in [2.05, 4.69) is 26.2 Å². The third-order valence-corrected chi connectivity index (χ3v) is 4.03. The Hall–Kier alpha value is -1.10. The third kappa shape index (κ3) is 3.51. The van der Waals surface area contributed by atoms with Gasteiger partial charge in [0, 0.05) is 10.9 Å².